The maximum Gasteiger partial charge on any atom is 0.262 e. The summed E-state index contributed by atoms with van der Waals surface area (Å²) in [5, 5.41) is 3.34. The Morgan fingerprint density at radius 3 is 2.66 bits per heavy atom. The number of hydrogen-bond donors (Lipinski definition) is 2. The number of nitrogens with one attached hydrogen (secondary N) is 2. The van der Waals surface area contributed by atoms with Gasteiger partial charge in [-0.05, 0) is 61.9 Å². The van der Waals surface area contributed by atoms with Crippen LogP contribution in [-0.2, 0) is 4.79 Å². The number of ether oxygens (including phenoxy) is 2. The SMILES string of the molecule is CCOc1cc(-c2nc3ccccc3c(=O)[nH]2)ccc1OCC(=O)Nc1cccc(C)c1. The second-order valence-corrected chi connectivity index (χ2v) is 7.23. The summed E-state index contributed by atoms with van der Waals surface area (Å²) in [6, 6.07) is 19.9. The summed E-state index contributed by atoms with van der Waals surface area (Å²) in [6.07, 6.45) is 0. The topological polar surface area (TPSA) is 93.3 Å². The summed E-state index contributed by atoms with van der Waals surface area (Å²) in [6.45, 7) is 4.06. The zero-order chi connectivity index (χ0) is 22.5. The molecule has 0 aliphatic heterocycles. The molecule has 7 nitrogen and oxygen atoms in total. The number of carbonyl (C=O) groups excluding carboxylic acids is 1. The van der Waals surface area contributed by atoms with Gasteiger partial charge in [-0.2, -0.15) is 0 Å². The Hall–Kier alpha value is -4.13. The molecule has 0 bridgehead atoms. The molecular weight excluding hydrogens is 406 g/mol. The summed E-state index contributed by atoms with van der Waals surface area (Å²) in [7, 11) is 0. The van der Waals surface area contributed by atoms with Crippen LogP contribution in [0.5, 0.6) is 11.5 Å². The third-order valence-corrected chi connectivity index (χ3v) is 4.79. The van der Waals surface area contributed by atoms with E-state index >= 15 is 0 Å². The molecule has 0 atom stereocenters. The second kappa shape index (κ2) is 9.34. The van der Waals surface area contributed by atoms with Gasteiger partial charge in [-0.15, -0.1) is 0 Å². The molecule has 1 heterocycles. The highest BCUT2D eigenvalue weighted by Gasteiger charge is 2.13. The van der Waals surface area contributed by atoms with E-state index in [9.17, 15) is 9.59 Å². The summed E-state index contributed by atoms with van der Waals surface area (Å²) >= 11 is 0. The van der Waals surface area contributed by atoms with Crippen molar-refractivity contribution in [3.63, 3.8) is 0 Å². The molecule has 3 aromatic carbocycles. The van der Waals surface area contributed by atoms with Crippen LogP contribution in [-0.4, -0.2) is 29.1 Å². The summed E-state index contributed by atoms with van der Waals surface area (Å²) in [5.74, 6) is 1.04. The lowest BCUT2D eigenvalue weighted by Crippen LogP contribution is -2.20. The lowest BCUT2D eigenvalue weighted by atomic mass is 10.1. The van der Waals surface area contributed by atoms with Crippen LogP contribution in [0.1, 0.15) is 12.5 Å². The van der Waals surface area contributed by atoms with Crippen LogP contribution in [0.3, 0.4) is 0 Å². The number of nitrogens with zero attached hydrogens (tertiary/aromatic N) is 1. The summed E-state index contributed by atoms with van der Waals surface area (Å²) < 4.78 is 11.4. The number of fused-ring (bicyclic) bond motifs is 1. The van der Waals surface area contributed by atoms with Crippen LogP contribution in [0.4, 0.5) is 5.69 Å². The molecule has 1 aromatic heterocycles. The molecule has 0 aliphatic rings. The van der Waals surface area contributed by atoms with Crippen molar-refractivity contribution in [2.24, 2.45) is 0 Å². The van der Waals surface area contributed by atoms with Crippen molar-refractivity contribution in [2.75, 3.05) is 18.5 Å². The molecule has 0 aliphatic carbocycles. The van der Waals surface area contributed by atoms with Crippen molar-refractivity contribution in [2.45, 2.75) is 13.8 Å². The molecule has 0 fully saturated rings. The standard InChI is InChI=1S/C25H23N3O4/c1-3-31-22-14-17(24-27-20-10-5-4-9-19(20)25(30)28-24)11-12-21(22)32-15-23(29)26-18-8-6-7-16(2)13-18/h4-14H,3,15H2,1-2H3,(H,26,29)(H,27,28,30). The maximum atomic E-state index is 12.4. The van der Waals surface area contributed by atoms with E-state index in [0.717, 1.165) is 5.56 Å². The van der Waals surface area contributed by atoms with Crippen LogP contribution < -0.4 is 20.3 Å². The number of carbonyl (C=O) groups is 1. The second-order valence-electron chi connectivity index (χ2n) is 7.23. The van der Waals surface area contributed by atoms with Gasteiger partial charge in [-0.3, -0.25) is 9.59 Å². The van der Waals surface area contributed by atoms with Gasteiger partial charge in [0.2, 0.25) is 0 Å². The van der Waals surface area contributed by atoms with Crippen LogP contribution in [0, 0.1) is 6.92 Å². The normalized spacial score (nSPS) is 10.7. The Labute approximate surface area is 185 Å². The van der Waals surface area contributed by atoms with E-state index in [0.29, 0.717) is 46.1 Å². The zero-order valence-corrected chi connectivity index (χ0v) is 17.8. The molecule has 0 radical (unpaired) electrons. The van der Waals surface area contributed by atoms with Gasteiger partial charge >= 0.3 is 0 Å². The number of para-hydroxylation sites is 1. The highest BCUT2D eigenvalue weighted by Crippen LogP contribution is 2.32. The minimum absolute atomic E-state index is 0.168. The Balaban J connectivity index is 1.54. The molecule has 0 saturated heterocycles. The predicted molar refractivity (Wildman–Crippen MR) is 124 cm³/mol. The molecule has 32 heavy (non-hydrogen) atoms. The number of hydrogen-bond acceptors (Lipinski definition) is 5. The van der Waals surface area contributed by atoms with Crippen molar-refractivity contribution in [1.29, 1.82) is 0 Å². The first-order valence-corrected chi connectivity index (χ1v) is 10.3. The molecule has 7 heteroatoms. The number of amides is 1. The fourth-order valence-corrected chi connectivity index (χ4v) is 3.33. The molecule has 2 N–H and O–H groups in total. The van der Waals surface area contributed by atoms with Gasteiger partial charge in [0.15, 0.2) is 18.1 Å². The van der Waals surface area contributed by atoms with Gasteiger partial charge in [0.05, 0.1) is 17.5 Å². The molecule has 1 amide bonds. The lowest BCUT2D eigenvalue weighted by molar-refractivity contribution is -0.118. The van der Waals surface area contributed by atoms with Crippen molar-refractivity contribution in [1.82, 2.24) is 9.97 Å². The Kier molecular flexibility index (Phi) is 6.17. The van der Waals surface area contributed by atoms with Gasteiger partial charge in [0, 0.05) is 11.3 Å². The Morgan fingerprint density at radius 2 is 1.84 bits per heavy atom. The first kappa shape index (κ1) is 21.1. The third kappa shape index (κ3) is 4.78. The van der Waals surface area contributed by atoms with Gasteiger partial charge in [-0.25, -0.2) is 4.98 Å². The number of rotatable bonds is 7. The predicted octanol–water partition coefficient (Wildman–Crippen LogP) is 4.31. The molecular formula is C25H23N3O4. The van der Waals surface area contributed by atoms with Gasteiger partial charge in [0.1, 0.15) is 5.82 Å². The number of benzene rings is 3. The van der Waals surface area contributed by atoms with Crippen molar-refractivity contribution >= 4 is 22.5 Å². The molecule has 0 unspecified atom stereocenters. The van der Waals surface area contributed by atoms with E-state index in [-0.39, 0.29) is 18.1 Å². The monoisotopic (exact) mass is 429 g/mol. The van der Waals surface area contributed by atoms with Crippen LogP contribution >= 0.6 is 0 Å². The zero-order valence-electron chi connectivity index (χ0n) is 17.8. The van der Waals surface area contributed by atoms with E-state index in [1.54, 1.807) is 36.4 Å². The first-order valence-electron chi connectivity index (χ1n) is 10.3. The molecule has 4 rings (SSSR count). The van der Waals surface area contributed by atoms with Crippen LogP contribution in [0.25, 0.3) is 22.3 Å². The number of aromatic nitrogens is 2. The average Bonchev–Trinajstić information content (AvgIpc) is 2.78. The van der Waals surface area contributed by atoms with Crippen molar-refractivity contribution in [3.8, 4) is 22.9 Å². The average molecular weight is 429 g/mol. The van der Waals surface area contributed by atoms with E-state index < -0.39 is 0 Å². The summed E-state index contributed by atoms with van der Waals surface area (Å²) in [5.41, 5.74) is 2.84. The third-order valence-electron chi connectivity index (χ3n) is 4.79. The van der Waals surface area contributed by atoms with E-state index in [4.69, 9.17) is 9.47 Å². The van der Waals surface area contributed by atoms with Crippen LogP contribution in [0.2, 0.25) is 0 Å². The van der Waals surface area contributed by atoms with Crippen LogP contribution in [0.15, 0.2) is 71.5 Å². The van der Waals surface area contributed by atoms with Gasteiger partial charge in [0.25, 0.3) is 11.5 Å². The fraction of sp³-hybridized carbons (Fsp3) is 0.160. The van der Waals surface area contributed by atoms with E-state index in [2.05, 4.69) is 15.3 Å². The minimum Gasteiger partial charge on any atom is -0.490 e. The van der Waals surface area contributed by atoms with E-state index in [1.807, 2.05) is 44.2 Å². The Morgan fingerprint density at radius 1 is 1.00 bits per heavy atom. The fourth-order valence-electron chi connectivity index (χ4n) is 3.33. The molecule has 0 saturated carbocycles. The Bertz CT molecular complexity index is 1330. The molecule has 162 valence electrons. The lowest BCUT2D eigenvalue weighted by Gasteiger charge is -2.13. The van der Waals surface area contributed by atoms with Crippen molar-refractivity contribution in [3.05, 3.63) is 82.6 Å². The quantitative estimate of drug-likeness (QED) is 0.457. The minimum atomic E-state index is -0.275. The smallest absolute Gasteiger partial charge is 0.262 e. The van der Waals surface area contributed by atoms with Crippen molar-refractivity contribution < 1.29 is 14.3 Å². The highest BCUT2D eigenvalue weighted by molar-refractivity contribution is 5.92. The maximum absolute atomic E-state index is 12.4. The van der Waals surface area contributed by atoms with E-state index in [1.165, 1.54) is 0 Å². The number of aryl methyl sites for hydroxylation is 1. The largest absolute Gasteiger partial charge is 0.490 e. The van der Waals surface area contributed by atoms with Gasteiger partial charge in [-0.1, -0.05) is 24.3 Å². The highest BCUT2D eigenvalue weighted by atomic mass is 16.5. The number of anilines is 1. The molecule has 4 aromatic rings. The summed E-state index contributed by atoms with van der Waals surface area (Å²) in [4.78, 5) is 32.1. The van der Waals surface area contributed by atoms with Gasteiger partial charge < -0.3 is 19.8 Å². The first-order chi connectivity index (χ1) is 15.5. The molecule has 0 spiro atoms. The number of aromatic amines is 1. The number of H-pyrrole nitrogens is 1.